The van der Waals surface area contributed by atoms with Crippen LogP contribution >= 0.6 is 0 Å². The van der Waals surface area contributed by atoms with Gasteiger partial charge in [0, 0.05) is 6.54 Å². The van der Waals surface area contributed by atoms with Crippen LogP contribution < -0.4 is 10.8 Å². The highest BCUT2D eigenvalue weighted by Gasteiger charge is 2.07. The number of rotatable bonds is 4. The molecule has 1 rings (SSSR count). The third kappa shape index (κ3) is 3.90. The predicted octanol–water partition coefficient (Wildman–Crippen LogP) is 1.96. The Kier molecular flexibility index (Phi) is 4.79. The van der Waals surface area contributed by atoms with E-state index in [1.165, 1.54) is 18.2 Å². The number of carbonyl (C=O) groups excluding carboxylic acids is 1. The molecule has 0 saturated carbocycles. The number of aryl methyl sites for hydroxylation is 1. The van der Waals surface area contributed by atoms with Crippen LogP contribution in [-0.2, 0) is 4.84 Å². The largest absolute Gasteiger partial charge is 0.338 e. The van der Waals surface area contributed by atoms with Crippen molar-refractivity contribution in [3.8, 4) is 0 Å². The standard InChI is InChI=1S/C12H18N2O2/c1-9-5-4-6-11(7-9)10(2)8-13-12(15)14-16-3/h4-7,10H,8H2,1-3H3,(H2,13,14,15)/t10-/m1/s1. The molecule has 4 nitrogen and oxygen atoms in total. The molecule has 16 heavy (non-hydrogen) atoms. The molecule has 88 valence electrons. The van der Waals surface area contributed by atoms with Crippen molar-refractivity contribution in [3.63, 3.8) is 0 Å². The summed E-state index contributed by atoms with van der Waals surface area (Å²) < 4.78 is 0. The lowest BCUT2D eigenvalue weighted by atomic mass is 9.99. The second kappa shape index (κ2) is 6.12. The third-order valence-corrected chi connectivity index (χ3v) is 2.37. The van der Waals surface area contributed by atoms with E-state index in [0.29, 0.717) is 6.54 Å². The van der Waals surface area contributed by atoms with Gasteiger partial charge < -0.3 is 5.32 Å². The van der Waals surface area contributed by atoms with Gasteiger partial charge >= 0.3 is 6.03 Å². The maximum absolute atomic E-state index is 11.1. The summed E-state index contributed by atoms with van der Waals surface area (Å²) in [4.78, 5) is 15.6. The molecule has 4 heteroatoms. The third-order valence-electron chi connectivity index (χ3n) is 2.37. The number of hydrogen-bond acceptors (Lipinski definition) is 2. The van der Waals surface area contributed by atoms with Gasteiger partial charge in [-0.05, 0) is 18.4 Å². The molecule has 0 saturated heterocycles. The van der Waals surface area contributed by atoms with E-state index in [9.17, 15) is 4.79 Å². The smallest absolute Gasteiger partial charge is 0.336 e. The highest BCUT2D eigenvalue weighted by molar-refractivity contribution is 5.72. The van der Waals surface area contributed by atoms with E-state index >= 15 is 0 Å². The molecule has 0 aromatic heterocycles. The lowest BCUT2D eigenvalue weighted by Crippen LogP contribution is -2.36. The Bertz CT molecular complexity index is 353. The van der Waals surface area contributed by atoms with Gasteiger partial charge in [0.1, 0.15) is 0 Å². The predicted molar refractivity (Wildman–Crippen MR) is 63.1 cm³/mol. The Hall–Kier alpha value is -1.55. The molecule has 0 aliphatic rings. The second-order valence-corrected chi connectivity index (χ2v) is 3.83. The van der Waals surface area contributed by atoms with Crippen molar-refractivity contribution < 1.29 is 9.63 Å². The van der Waals surface area contributed by atoms with Crippen LogP contribution in [0.4, 0.5) is 4.79 Å². The normalized spacial score (nSPS) is 11.9. The van der Waals surface area contributed by atoms with Crippen LogP contribution in [0.2, 0.25) is 0 Å². The second-order valence-electron chi connectivity index (χ2n) is 3.83. The van der Waals surface area contributed by atoms with Crippen molar-refractivity contribution >= 4 is 6.03 Å². The molecule has 0 aliphatic heterocycles. The van der Waals surface area contributed by atoms with Gasteiger partial charge in [0.15, 0.2) is 0 Å². The minimum Gasteiger partial charge on any atom is -0.336 e. The first-order valence-corrected chi connectivity index (χ1v) is 5.27. The average Bonchev–Trinajstić information content (AvgIpc) is 2.26. The quantitative estimate of drug-likeness (QED) is 0.765. The summed E-state index contributed by atoms with van der Waals surface area (Å²) in [6.45, 7) is 4.71. The van der Waals surface area contributed by atoms with Gasteiger partial charge in [0.05, 0.1) is 7.11 Å². The summed E-state index contributed by atoms with van der Waals surface area (Å²) in [5.41, 5.74) is 4.66. The van der Waals surface area contributed by atoms with Gasteiger partial charge in [-0.1, -0.05) is 36.8 Å². The van der Waals surface area contributed by atoms with Gasteiger partial charge in [0.2, 0.25) is 0 Å². The zero-order valence-electron chi connectivity index (χ0n) is 9.91. The first kappa shape index (κ1) is 12.5. The summed E-state index contributed by atoms with van der Waals surface area (Å²) >= 11 is 0. The van der Waals surface area contributed by atoms with Gasteiger partial charge in [-0.2, -0.15) is 0 Å². The van der Waals surface area contributed by atoms with E-state index in [4.69, 9.17) is 0 Å². The van der Waals surface area contributed by atoms with Crippen LogP contribution in [0.15, 0.2) is 24.3 Å². The molecule has 0 unspecified atom stereocenters. The molecule has 1 atom stereocenters. The maximum atomic E-state index is 11.1. The Morgan fingerprint density at radius 3 is 2.88 bits per heavy atom. The van der Waals surface area contributed by atoms with Crippen LogP contribution in [0.5, 0.6) is 0 Å². The average molecular weight is 222 g/mol. The van der Waals surface area contributed by atoms with Crippen molar-refractivity contribution in [2.75, 3.05) is 13.7 Å². The lowest BCUT2D eigenvalue weighted by Gasteiger charge is -2.13. The first-order valence-electron chi connectivity index (χ1n) is 5.27. The van der Waals surface area contributed by atoms with Crippen molar-refractivity contribution in [2.24, 2.45) is 0 Å². The van der Waals surface area contributed by atoms with Crippen LogP contribution in [0.3, 0.4) is 0 Å². The van der Waals surface area contributed by atoms with Gasteiger partial charge in [-0.25, -0.2) is 10.3 Å². The van der Waals surface area contributed by atoms with E-state index < -0.39 is 0 Å². The fourth-order valence-corrected chi connectivity index (χ4v) is 1.47. The Balaban J connectivity index is 2.46. The Morgan fingerprint density at radius 1 is 1.50 bits per heavy atom. The van der Waals surface area contributed by atoms with E-state index in [-0.39, 0.29) is 11.9 Å². The number of amides is 2. The van der Waals surface area contributed by atoms with Crippen LogP contribution in [0, 0.1) is 6.92 Å². The summed E-state index contributed by atoms with van der Waals surface area (Å²) in [5.74, 6) is 0.280. The molecule has 2 amide bonds. The first-order chi connectivity index (χ1) is 7.63. The number of benzene rings is 1. The maximum Gasteiger partial charge on any atom is 0.338 e. The van der Waals surface area contributed by atoms with E-state index in [1.807, 2.05) is 6.07 Å². The summed E-state index contributed by atoms with van der Waals surface area (Å²) in [6.07, 6.45) is 0. The molecule has 0 radical (unpaired) electrons. The fourth-order valence-electron chi connectivity index (χ4n) is 1.47. The minimum absolute atomic E-state index is 0.280. The molecule has 0 fully saturated rings. The topological polar surface area (TPSA) is 50.4 Å². The van der Waals surface area contributed by atoms with Crippen LogP contribution in [0.25, 0.3) is 0 Å². The van der Waals surface area contributed by atoms with Crippen LogP contribution in [-0.4, -0.2) is 19.7 Å². The number of hydroxylamine groups is 1. The molecule has 2 N–H and O–H groups in total. The Labute approximate surface area is 95.9 Å². The zero-order chi connectivity index (χ0) is 12.0. The summed E-state index contributed by atoms with van der Waals surface area (Å²) in [6, 6.07) is 7.95. The monoisotopic (exact) mass is 222 g/mol. The number of nitrogens with one attached hydrogen (secondary N) is 2. The minimum atomic E-state index is -0.318. The van der Waals surface area contributed by atoms with Crippen molar-refractivity contribution in [1.82, 2.24) is 10.8 Å². The fraction of sp³-hybridized carbons (Fsp3) is 0.417. The molecular formula is C12H18N2O2. The van der Waals surface area contributed by atoms with Crippen LogP contribution in [0.1, 0.15) is 24.0 Å². The number of urea groups is 1. The van der Waals surface area contributed by atoms with Crippen molar-refractivity contribution in [2.45, 2.75) is 19.8 Å². The summed E-state index contributed by atoms with van der Waals surface area (Å²) in [5, 5.41) is 2.73. The van der Waals surface area contributed by atoms with Gasteiger partial charge in [-0.3, -0.25) is 4.84 Å². The number of hydrogen-bond donors (Lipinski definition) is 2. The highest BCUT2D eigenvalue weighted by atomic mass is 16.6. The lowest BCUT2D eigenvalue weighted by molar-refractivity contribution is 0.107. The molecule has 1 aromatic carbocycles. The SMILES string of the molecule is CONC(=O)NC[C@@H](C)c1cccc(C)c1. The van der Waals surface area contributed by atoms with Crippen molar-refractivity contribution in [3.05, 3.63) is 35.4 Å². The van der Waals surface area contributed by atoms with Gasteiger partial charge in [-0.15, -0.1) is 0 Å². The molecule has 0 heterocycles. The number of carbonyl (C=O) groups is 1. The van der Waals surface area contributed by atoms with Gasteiger partial charge in [0.25, 0.3) is 0 Å². The molecule has 0 spiro atoms. The Morgan fingerprint density at radius 2 is 2.25 bits per heavy atom. The zero-order valence-corrected chi connectivity index (χ0v) is 9.91. The molecule has 1 aromatic rings. The van der Waals surface area contributed by atoms with Crippen molar-refractivity contribution in [1.29, 1.82) is 0 Å². The summed E-state index contributed by atoms with van der Waals surface area (Å²) in [7, 11) is 1.41. The molecule has 0 bridgehead atoms. The highest BCUT2D eigenvalue weighted by Crippen LogP contribution is 2.15. The molecule has 0 aliphatic carbocycles. The van der Waals surface area contributed by atoms with E-state index in [2.05, 4.69) is 47.7 Å². The molecular weight excluding hydrogens is 204 g/mol. The van der Waals surface area contributed by atoms with E-state index in [0.717, 1.165) is 0 Å². The van der Waals surface area contributed by atoms with E-state index in [1.54, 1.807) is 0 Å².